The molecule has 1 N–H and O–H groups in total. The first-order valence-corrected chi connectivity index (χ1v) is 11.5. The minimum atomic E-state index is -3.64. The summed E-state index contributed by atoms with van der Waals surface area (Å²) in [5.41, 5.74) is 4.86. The maximum Gasteiger partial charge on any atom is 0.261 e. The molecule has 0 spiro atoms. The maximum atomic E-state index is 12.9. The summed E-state index contributed by atoms with van der Waals surface area (Å²) in [7, 11) is -3.64. The lowest BCUT2D eigenvalue weighted by molar-refractivity contribution is -0.118. The number of hydrogen-bond donors (Lipinski definition) is 1. The van der Waals surface area contributed by atoms with Crippen LogP contribution in [-0.2, 0) is 34.1 Å². The van der Waals surface area contributed by atoms with E-state index in [9.17, 15) is 13.2 Å². The van der Waals surface area contributed by atoms with Crippen LogP contribution in [0.15, 0.2) is 41.3 Å². The van der Waals surface area contributed by atoms with E-state index >= 15 is 0 Å². The fourth-order valence-electron chi connectivity index (χ4n) is 4.20. The van der Waals surface area contributed by atoms with Gasteiger partial charge in [0, 0.05) is 24.3 Å². The number of nitrogens with zero attached hydrogens (tertiary/aromatic N) is 1. The van der Waals surface area contributed by atoms with Crippen LogP contribution in [0.5, 0.6) is 0 Å². The van der Waals surface area contributed by atoms with Crippen molar-refractivity contribution < 1.29 is 13.2 Å². The first-order chi connectivity index (χ1) is 13.5. The molecule has 0 radical (unpaired) electrons. The first-order valence-electron chi connectivity index (χ1n) is 10.1. The smallest absolute Gasteiger partial charge is 0.261 e. The summed E-state index contributed by atoms with van der Waals surface area (Å²) in [6.07, 6.45) is 6.45. The minimum absolute atomic E-state index is 0.100. The largest absolute Gasteiger partial charge is 0.312 e. The highest BCUT2D eigenvalue weighted by molar-refractivity contribution is 7.92. The molecule has 0 saturated heterocycles. The van der Waals surface area contributed by atoms with Crippen LogP contribution in [-0.4, -0.2) is 20.9 Å². The fraction of sp³-hybridized carbons (Fsp3) is 0.409. The Morgan fingerprint density at radius 1 is 0.964 bits per heavy atom. The van der Waals surface area contributed by atoms with Crippen LogP contribution >= 0.6 is 0 Å². The second-order valence-electron chi connectivity index (χ2n) is 7.59. The van der Waals surface area contributed by atoms with E-state index in [0.717, 1.165) is 55.5 Å². The van der Waals surface area contributed by atoms with E-state index in [1.165, 1.54) is 12.0 Å². The highest BCUT2D eigenvalue weighted by Gasteiger charge is 2.23. The molecular formula is C22H26N2O3S. The summed E-state index contributed by atoms with van der Waals surface area (Å²) in [6, 6.07) is 10.9. The third-order valence-corrected chi connectivity index (χ3v) is 7.06. The SMILES string of the molecule is CCC(=O)N1CCCc2cc(NS(=O)(=O)c3ccc4c(c3)CCCC4)ccc21. The van der Waals surface area contributed by atoms with Crippen molar-refractivity contribution in [3.63, 3.8) is 0 Å². The highest BCUT2D eigenvalue weighted by atomic mass is 32.2. The van der Waals surface area contributed by atoms with Gasteiger partial charge < -0.3 is 4.90 Å². The van der Waals surface area contributed by atoms with Crippen molar-refractivity contribution >= 4 is 27.3 Å². The average molecular weight is 399 g/mol. The molecule has 4 rings (SSSR count). The maximum absolute atomic E-state index is 12.9. The van der Waals surface area contributed by atoms with Gasteiger partial charge in [-0.3, -0.25) is 9.52 Å². The third kappa shape index (κ3) is 3.65. The summed E-state index contributed by atoms with van der Waals surface area (Å²) >= 11 is 0. The molecule has 2 aromatic rings. The summed E-state index contributed by atoms with van der Waals surface area (Å²) < 4.78 is 28.5. The van der Waals surface area contributed by atoms with Crippen molar-refractivity contribution in [2.75, 3.05) is 16.2 Å². The van der Waals surface area contributed by atoms with Gasteiger partial charge in [0.1, 0.15) is 0 Å². The molecule has 1 aliphatic heterocycles. The Hall–Kier alpha value is -2.34. The van der Waals surface area contributed by atoms with Crippen LogP contribution < -0.4 is 9.62 Å². The molecule has 0 bridgehead atoms. The van der Waals surface area contributed by atoms with Crippen molar-refractivity contribution in [2.24, 2.45) is 0 Å². The van der Waals surface area contributed by atoms with Gasteiger partial charge in [-0.1, -0.05) is 13.0 Å². The number of benzene rings is 2. The van der Waals surface area contributed by atoms with Gasteiger partial charge in [0.2, 0.25) is 5.91 Å². The van der Waals surface area contributed by atoms with Crippen molar-refractivity contribution in [2.45, 2.75) is 56.8 Å². The topological polar surface area (TPSA) is 66.5 Å². The molecule has 28 heavy (non-hydrogen) atoms. The number of fused-ring (bicyclic) bond motifs is 2. The van der Waals surface area contributed by atoms with Gasteiger partial charge in [-0.25, -0.2) is 8.42 Å². The summed E-state index contributed by atoms with van der Waals surface area (Å²) in [5.74, 6) is 0.100. The number of anilines is 2. The fourth-order valence-corrected chi connectivity index (χ4v) is 5.30. The molecule has 5 nitrogen and oxygen atoms in total. The summed E-state index contributed by atoms with van der Waals surface area (Å²) in [6.45, 7) is 2.58. The molecule has 0 aromatic heterocycles. The van der Waals surface area contributed by atoms with E-state index in [1.54, 1.807) is 17.0 Å². The zero-order valence-corrected chi connectivity index (χ0v) is 17.0. The molecule has 1 heterocycles. The Bertz CT molecular complexity index is 1010. The summed E-state index contributed by atoms with van der Waals surface area (Å²) in [4.78, 5) is 14.3. The Kier molecular flexibility index (Phi) is 5.15. The van der Waals surface area contributed by atoms with E-state index in [0.29, 0.717) is 17.0 Å². The predicted molar refractivity (Wildman–Crippen MR) is 111 cm³/mol. The number of amides is 1. The lowest BCUT2D eigenvalue weighted by atomic mass is 9.92. The van der Waals surface area contributed by atoms with E-state index in [4.69, 9.17) is 0 Å². The normalized spacial score (nSPS) is 16.2. The number of hydrogen-bond acceptors (Lipinski definition) is 3. The quantitative estimate of drug-likeness (QED) is 0.845. The monoisotopic (exact) mass is 398 g/mol. The minimum Gasteiger partial charge on any atom is -0.312 e. The molecule has 1 aliphatic carbocycles. The van der Waals surface area contributed by atoms with Gasteiger partial charge in [0.15, 0.2) is 0 Å². The number of sulfonamides is 1. The zero-order valence-electron chi connectivity index (χ0n) is 16.2. The molecular weight excluding hydrogens is 372 g/mol. The molecule has 148 valence electrons. The number of carbonyl (C=O) groups is 1. The van der Waals surface area contributed by atoms with E-state index in [1.807, 2.05) is 31.2 Å². The lowest BCUT2D eigenvalue weighted by Crippen LogP contribution is -2.34. The molecule has 0 saturated carbocycles. The van der Waals surface area contributed by atoms with Gasteiger partial charge in [-0.15, -0.1) is 0 Å². The van der Waals surface area contributed by atoms with Crippen LogP contribution in [0, 0.1) is 0 Å². The van der Waals surface area contributed by atoms with Crippen LogP contribution in [0.2, 0.25) is 0 Å². The van der Waals surface area contributed by atoms with Crippen molar-refractivity contribution in [3.8, 4) is 0 Å². The van der Waals surface area contributed by atoms with Crippen LogP contribution in [0.1, 0.15) is 49.3 Å². The molecule has 0 unspecified atom stereocenters. The number of rotatable bonds is 4. The molecule has 2 aromatic carbocycles. The molecule has 2 aliphatic rings. The van der Waals surface area contributed by atoms with Crippen LogP contribution in [0.4, 0.5) is 11.4 Å². The standard InChI is InChI=1S/C22H26N2O3S/c1-2-22(25)24-13-5-8-18-14-19(10-12-21(18)24)23-28(26,27)20-11-9-16-6-3-4-7-17(16)15-20/h9-12,14-15,23H,2-8,13H2,1H3. The lowest BCUT2D eigenvalue weighted by Gasteiger charge is -2.29. The molecule has 0 fully saturated rings. The van der Waals surface area contributed by atoms with Crippen LogP contribution in [0.25, 0.3) is 0 Å². The van der Waals surface area contributed by atoms with Gasteiger partial charge in [0.25, 0.3) is 10.0 Å². The molecule has 0 atom stereocenters. The van der Waals surface area contributed by atoms with Gasteiger partial charge in [-0.05, 0) is 85.5 Å². The third-order valence-electron chi connectivity index (χ3n) is 5.68. The average Bonchev–Trinajstić information content (AvgIpc) is 2.72. The first kappa shape index (κ1) is 19.0. The Balaban J connectivity index is 1.59. The molecule has 1 amide bonds. The van der Waals surface area contributed by atoms with Crippen molar-refractivity contribution in [3.05, 3.63) is 53.1 Å². The van der Waals surface area contributed by atoms with Crippen molar-refractivity contribution in [1.82, 2.24) is 0 Å². The molecule has 6 heteroatoms. The van der Waals surface area contributed by atoms with Gasteiger partial charge in [-0.2, -0.15) is 0 Å². The number of aryl methyl sites for hydroxylation is 3. The second-order valence-corrected chi connectivity index (χ2v) is 9.27. The van der Waals surface area contributed by atoms with E-state index in [2.05, 4.69) is 4.72 Å². The number of nitrogens with one attached hydrogen (secondary N) is 1. The Labute approximate surface area is 166 Å². The Morgan fingerprint density at radius 3 is 2.50 bits per heavy atom. The predicted octanol–water partition coefficient (Wildman–Crippen LogP) is 4.06. The zero-order chi connectivity index (χ0) is 19.7. The highest BCUT2D eigenvalue weighted by Crippen LogP contribution is 2.31. The second kappa shape index (κ2) is 7.59. The van der Waals surface area contributed by atoms with Gasteiger partial charge in [0.05, 0.1) is 4.90 Å². The van der Waals surface area contributed by atoms with Gasteiger partial charge >= 0.3 is 0 Å². The summed E-state index contributed by atoms with van der Waals surface area (Å²) in [5, 5.41) is 0. The number of carbonyl (C=O) groups excluding carboxylic acids is 1. The van der Waals surface area contributed by atoms with E-state index < -0.39 is 10.0 Å². The van der Waals surface area contributed by atoms with Crippen molar-refractivity contribution in [1.29, 1.82) is 0 Å². The van der Waals surface area contributed by atoms with E-state index in [-0.39, 0.29) is 5.91 Å². The Morgan fingerprint density at radius 2 is 1.71 bits per heavy atom. The van der Waals surface area contributed by atoms with Crippen LogP contribution in [0.3, 0.4) is 0 Å².